The van der Waals surface area contributed by atoms with E-state index in [1.54, 1.807) is 36.4 Å². The molecule has 0 atom stereocenters. The summed E-state index contributed by atoms with van der Waals surface area (Å²) in [5.41, 5.74) is 1.66. The lowest BCUT2D eigenvalue weighted by molar-refractivity contribution is 0.249. The van der Waals surface area contributed by atoms with Crippen LogP contribution in [0.25, 0.3) is 11.4 Å². The average Bonchev–Trinajstić information content (AvgIpc) is 3.26. The van der Waals surface area contributed by atoms with Gasteiger partial charge in [-0.25, -0.2) is 4.79 Å². The van der Waals surface area contributed by atoms with Crippen molar-refractivity contribution in [3.05, 3.63) is 47.9 Å². The number of rotatable bonds is 7. The molecule has 0 aliphatic carbocycles. The van der Waals surface area contributed by atoms with Crippen LogP contribution in [0, 0.1) is 11.3 Å². The van der Waals surface area contributed by atoms with E-state index in [0.717, 1.165) is 0 Å². The Balaban J connectivity index is 1.66. The number of carbonyl (C=O) groups excluding carboxylic acids is 1. The lowest BCUT2D eigenvalue weighted by atomic mass is 10.1. The van der Waals surface area contributed by atoms with Crippen molar-refractivity contribution >= 4 is 11.7 Å². The number of carbonyl (C=O) groups is 1. The Kier molecular flexibility index (Phi) is 6.34. The van der Waals surface area contributed by atoms with Crippen LogP contribution < -0.4 is 24.8 Å². The number of hydrogen-bond acceptors (Lipinski definition) is 8. The Morgan fingerprint density at radius 3 is 2.33 bits per heavy atom. The standard InChI is InChI=1S/C20H19N5O5/c1-27-15-8-13(9-16(28-2)18(15)29-3)19-24-17(30-25-19)11-22-20(26)23-14-6-4-12(10-21)5-7-14/h4-9H,11H2,1-3H3,(H2,22,23,26). The number of methoxy groups -OCH3 is 3. The third-order valence-corrected chi connectivity index (χ3v) is 4.06. The predicted octanol–water partition coefficient (Wildman–Crippen LogP) is 2.96. The molecule has 0 radical (unpaired) electrons. The van der Waals surface area contributed by atoms with Gasteiger partial charge in [-0.15, -0.1) is 0 Å². The zero-order valence-corrected chi connectivity index (χ0v) is 16.6. The van der Waals surface area contributed by atoms with Crippen LogP contribution >= 0.6 is 0 Å². The third-order valence-electron chi connectivity index (χ3n) is 4.06. The Hall–Kier alpha value is -4.26. The fraction of sp³-hybridized carbons (Fsp3) is 0.200. The maximum Gasteiger partial charge on any atom is 0.319 e. The second-order valence-corrected chi connectivity index (χ2v) is 5.92. The van der Waals surface area contributed by atoms with E-state index in [9.17, 15) is 4.79 Å². The number of benzene rings is 2. The van der Waals surface area contributed by atoms with Crippen molar-refractivity contribution in [2.24, 2.45) is 0 Å². The molecule has 10 heteroatoms. The molecule has 0 saturated heterocycles. The van der Waals surface area contributed by atoms with E-state index in [1.807, 2.05) is 6.07 Å². The van der Waals surface area contributed by atoms with Crippen molar-refractivity contribution in [3.63, 3.8) is 0 Å². The fourth-order valence-electron chi connectivity index (χ4n) is 2.61. The molecule has 2 amide bonds. The van der Waals surface area contributed by atoms with Gasteiger partial charge in [0.1, 0.15) is 0 Å². The van der Waals surface area contributed by atoms with Crippen molar-refractivity contribution in [2.75, 3.05) is 26.6 Å². The number of ether oxygens (including phenoxy) is 3. The van der Waals surface area contributed by atoms with Crippen LogP contribution in [0.15, 0.2) is 40.9 Å². The first-order chi connectivity index (χ1) is 14.6. The van der Waals surface area contributed by atoms with E-state index >= 15 is 0 Å². The number of hydrogen-bond donors (Lipinski definition) is 2. The molecular formula is C20H19N5O5. The molecule has 0 fully saturated rings. The first-order valence-electron chi connectivity index (χ1n) is 8.76. The molecule has 0 aliphatic rings. The van der Waals surface area contributed by atoms with Gasteiger partial charge in [0.15, 0.2) is 11.5 Å². The number of nitrogens with one attached hydrogen (secondary N) is 2. The van der Waals surface area contributed by atoms with E-state index in [4.69, 9.17) is 24.0 Å². The molecule has 0 unspecified atom stereocenters. The van der Waals surface area contributed by atoms with E-state index in [-0.39, 0.29) is 12.4 Å². The average molecular weight is 409 g/mol. The number of anilines is 1. The van der Waals surface area contributed by atoms with Crippen molar-refractivity contribution < 1.29 is 23.5 Å². The van der Waals surface area contributed by atoms with Gasteiger partial charge < -0.3 is 29.4 Å². The Bertz CT molecular complexity index is 1050. The van der Waals surface area contributed by atoms with Crippen molar-refractivity contribution in [3.8, 4) is 34.7 Å². The van der Waals surface area contributed by atoms with Crippen LogP contribution in [0.1, 0.15) is 11.5 Å². The van der Waals surface area contributed by atoms with Crippen LogP contribution in [0.2, 0.25) is 0 Å². The predicted molar refractivity (Wildman–Crippen MR) is 106 cm³/mol. The van der Waals surface area contributed by atoms with Crippen LogP contribution in [-0.2, 0) is 6.54 Å². The third kappa shape index (κ3) is 4.59. The fourth-order valence-corrected chi connectivity index (χ4v) is 2.61. The van der Waals surface area contributed by atoms with Crippen molar-refractivity contribution in [1.29, 1.82) is 5.26 Å². The summed E-state index contributed by atoms with van der Waals surface area (Å²) in [4.78, 5) is 16.3. The number of urea groups is 1. The van der Waals surface area contributed by atoms with Crippen molar-refractivity contribution in [1.82, 2.24) is 15.5 Å². The van der Waals surface area contributed by atoms with Gasteiger partial charge in [0.2, 0.25) is 17.5 Å². The Morgan fingerprint density at radius 1 is 1.10 bits per heavy atom. The maximum absolute atomic E-state index is 12.0. The molecule has 0 spiro atoms. The molecule has 0 saturated carbocycles. The van der Waals surface area contributed by atoms with Crippen LogP contribution in [0.5, 0.6) is 17.2 Å². The lowest BCUT2D eigenvalue weighted by Crippen LogP contribution is -2.28. The summed E-state index contributed by atoms with van der Waals surface area (Å²) in [5, 5.41) is 18.0. The topological polar surface area (TPSA) is 132 Å². The number of nitriles is 1. The molecule has 1 heterocycles. The van der Waals surface area contributed by atoms with Gasteiger partial charge in [0.05, 0.1) is 39.5 Å². The molecule has 2 aromatic carbocycles. The van der Waals surface area contributed by atoms with Crippen molar-refractivity contribution in [2.45, 2.75) is 6.54 Å². The van der Waals surface area contributed by atoms with Gasteiger partial charge in [-0.3, -0.25) is 0 Å². The molecule has 2 N–H and O–H groups in total. The molecule has 0 aliphatic heterocycles. The van der Waals surface area contributed by atoms with E-state index in [1.165, 1.54) is 21.3 Å². The molecule has 3 rings (SSSR count). The van der Waals surface area contributed by atoms with Gasteiger partial charge in [0, 0.05) is 11.3 Å². The first kappa shape index (κ1) is 20.5. The molecule has 30 heavy (non-hydrogen) atoms. The van der Waals surface area contributed by atoms with Crippen LogP contribution in [0.3, 0.4) is 0 Å². The maximum atomic E-state index is 12.0. The Morgan fingerprint density at radius 2 is 1.77 bits per heavy atom. The highest BCUT2D eigenvalue weighted by Crippen LogP contribution is 2.40. The zero-order valence-electron chi connectivity index (χ0n) is 16.6. The zero-order chi connectivity index (χ0) is 21.5. The summed E-state index contributed by atoms with van der Waals surface area (Å²) >= 11 is 0. The minimum absolute atomic E-state index is 0.0273. The summed E-state index contributed by atoms with van der Waals surface area (Å²) < 4.78 is 21.1. The van der Waals surface area contributed by atoms with Gasteiger partial charge in [-0.2, -0.15) is 10.2 Å². The van der Waals surface area contributed by atoms with E-state index < -0.39 is 6.03 Å². The second kappa shape index (κ2) is 9.29. The summed E-state index contributed by atoms with van der Waals surface area (Å²) in [6, 6.07) is 11.4. The quantitative estimate of drug-likeness (QED) is 0.609. The van der Waals surface area contributed by atoms with Gasteiger partial charge in [0.25, 0.3) is 0 Å². The molecule has 154 valence electrons. The first-order valence-corrected chi connectivity index (χ1v) is 8.76. The smallest absolute Gasteiger partial charge is 0.319 e. The van der Waals surface area contributed by atoms with Crippen LogP contribution in [0.4, 0.5) is 10.5 Å². The molecular weight excluding hydrogens is 390 g/mol. The largest absolute Gasteiger partial charge is 0.493 e. The summed E-state index contributed by atoms with van der Waals surface area (Å²) in [5.74, 6) is 1.89. The highest BCUT2D eigenvalue weighted by molar-refractivity contribution is 5.89. The lowest BCUT2D eigenvalue weighted by Gasteiger charge is -2.12. The summed E-state index contributed by atoms with van der Waals surface area (Å²) in [6.07, 6.45) is 0. The summed E-state index contributed by atoms with van der Waals surface area (Å²) in [7, 11) is 4.54. The monoisotopic (exact) mass is 409 g/mol. The molecule has 10 nitrogen and oxygen atoms in total. The molecule has 1 aromatic heterocycles. The Labute approximate surface area is 172 Å². The van der Waals surface area contributed by atoms with Gasteiger partial charge in [-0.1, -0.05) is 5.16 Å². The molecule has 0 bridgehead atoms. The number of nitrogens with zero attached hydrogens (tertiary/aromatic N) is 3. The molecule has 3 aromatic rings. The SMILES string of the molecule is COc1cc(-c2noc(CNC(=O)Nc3ccc(C#N)cc3)n2)cc(OC)c1OC. The van der Waals surface area contributed by atoms with Crippen LogP contribution in [-0.4, -0.2) is 37.5 Å². The normalized spacial score (nSPS) is 10.1. The summed E-state index contributed by atoms with van der Waals surface area (Å²) in [6.45, 7) is 0.0273. The van der Waals surface area contributed by atoms with E-state index in [2.05, 4.69) is 20.8 Å². The van der Waals surface area contributed by atoms with Gasteiger partial charge in [-0.05, 0) is 36.4 Å². The number of aromatic nitrogens is 2. The highest BCUT2D eigenvalue weighted by atomic mass is 16.5. The second-order valence-electron chi connectivity index (χ2n) is 5.92. The van der Waals surface area contributed by atoms with E-state index in [0.29, 0.717) is 39.9 Å². The minimum Gasteiger partial charge on any atom is -0.493 e. The van der Waals surface area contributed by atoms with Gasteiger partial charge >= 0.3 is 6.03 Å². The highest BCUT2D eigenvalue weighted by Gasteiger charge is 2.17. The minimum atomic E-state index is -0.452. The number of amides is 2.